The summed E-state index contributed by atoms with van der Waals surface area (Å²) in [6.07, 6.45) is 0. The van der Waals surface area contributed by atoms with E-state index in [1.807, 2.05) is 18.7 Å². The van der Waals surface area contributed by atoms with Crippen molar-refractivity contribution in [1.29, 1.82) is 0 Å². The lowest BCUT2D eigenvalue weighted by atomic mass is 10.3. The van der Waals surface area contributed by atoms with Crippen LogP contribution >= 0.6 is 0 Å². The molecule has 0 saturated heterocycles. The number of para-hydroxylation sites is 2. The Kier molecular flexibility index (Phi) is 4.79. The molecule has 2 N–H and O–H groups in total. The average molecular weight is 222 g/mol. The molecule has 0 aliphatic heterocycles. The van der Waals surface area contributed by atoms with Gasteiger partial charge < -0.3 is 10.4 Å². The molecular weight excluding hydrogens is 204 g/mol. The molecule has 0 fully saturated rings. The van der Waals surface area contributed by atoms with Crippen molar-refractivity contribution in [3.05, 3.63) is 24.3 Å². The molecule has 0 atom stereocenters. The number of carbonyl (C=O) groups excluding carboxylic acids is 1. The van der Waals surface area contributed by atoms with E-state index in [9.17, 15) is 9.90 Å². The lowest BCUT2D eigenvalue weighted by Gasteiger charge is -2.17. The Morgan fingerprint density at radius 2 is 1.94 bits per heavy atom. The first-order chi connectivity index (χ1) is 7.67. The van der Waals surface area contributed by atoms with E-state index in [1.165, 1.54) is 0 Å². The lowest BCUT2D eigenvalue weighted by molar-refractivity contribution is -0.117. The smallest absolute Gasteiger partial charge is 0.238 e. The fourth-order valence-corrected chi connectivity index (χ4v) is 1.42. The molecule has 0 aliphatic rings. The molecule has 16 heavy (non-hydrogen) atoms. The molecule has 0 heterocycles. The number of nitrogens with one attached hydrogen (secondary N) is 1. The van der Waals surface area contributed by atoms with Gasteiger partial charge in [0.05, 0.1) is 12.2 Å². The van der Waals surface area contributed by atoms with E-state index in [0.29, 0.717) is 12.2 Å². The van der Waals surface area contributed by atoms with Crippen LogP contribution in [0.2, 0.25) is 0 Å². The fourth-order valence-electron chi connectivity index (χ4n) is 1.42. The monoisotopic (exact) mass is 222 g/mol. The van der Waals surface area contributed by atoms with Gasteiger partial charge in [-0.15, -0.1) is 0 Å². The number of carbonyl (C=O) groups is 1. The van der Waals surface area contributed by atoms with E-state index in [2.05, 4.69) is 5.32 Å². The zero-order valence-electron chi connectivity index (χ0n) is 9.73. The Bertz CT molecular complexity index is 349. The summed E-state index contributed by atoms with van der Waals surface area (Å²) in [5, 5.41) is 12.2. The number of aromatic hydroxyl groups is 1. The van der Waals surface area contributed by atoms with E-state index in [-0.39, 0.29) is 11.7 Å². The fraction of sp³-hybridized carbons (Fsp3) is 0.417. The van der Waals surface area contributed by atoms with Crippen LogP contribution < -0.4 is 5.32 Å². The van der Waals surface area contributed by atoms with E-state index < -0.39 is 0 Å². The first-order valence-corrected chi connectivity index (χ1v) is 5.47. The van der Waals surface area contributed by atoms with Crippen LogP contribution in [0.25, 0.3) is 0 Å². The standard InChI is InChI=1S/C12H18N2O2/c1-3-14(4-2)9-12(16)13-10-7-5-6-8-11(10)15/h5-8,15H,3-4,9H2,1-2H3,(H,13,16). The molecule has 88 valence electrons. The summed E-state index contributed by atoms with van der Waals surface area (Å²) in [4.78, 5) is 13.6. The maximum absolute atomic E-state index is 11.6. The van der Waals surface area contributed by atoms with Crippen molar-refractivity contribution < 1.29 is 9.90 Å². The second-order valence-corrected chi connectivity index (χ2v) is 3.53. The van der Waals surface area contributed by atoms with Crippen LogP contribution in [0.1, 0.15) is 13.8 Å². The third-order valence-corrected chi connectivity index (χ3v) is 2.44. The Morgan fingerprint density at radius 1 is 1.31 bits per heavy atom. The summed E-state index contributed by atoms with van der Waals surface area (Å²) in [5.41, 5.74) is 0.458. The van der Waals surface area contributed by atoms with Crippen LogP contribution in [0.3, 0.4) is 0 Å². The first kappa shape index (κ1) is 12.5. The van der Waals surface area contributed by atoms with Crippen LogP contribution in [-0.2, 0) is 4.79 Å². The quantitative estimate of drug-likeness (QED) is 0.745. The second-order valence-electron chi connectivity index (χ2n) is 3.53. The zero-order chi connectivity index (χ0) is 12.0. The van der Waals surface area contributed by atoms with E-state index in [1.54, 1.807) is 24.3 Å². The number of rotatable bonds is 5. The van der Waals surface area contributed by atoms with Crippen molar-refractivity contribution in [2.24, 2.45) is 0 Å². The Balaban J connectivity index is 2.55. The van der Waals surface area contributed by atoms with Gasteiger partial charge in [0.15, 0.2) is 0 Å². The number of likely N-dealkylation sites (N-methyl/N-ethyl adjacent to an activating group) is 1. The van der Waals surface area contributed by atoms with Crippen molar-refractivity contribution in [1.82, 2.24) is 4.90 Å². The van der Waals surface area contributed by atoms with Gasteiger partial charge >= 0.3 is 0 Å². The number of phenolic OH excluding ortho intramolecular Hbond substituents is 1. The largest absolute Gasteiger partial charge is 0.506 e. The summed E-state index contributed by atoms with van der Waals surface area (Å²) < 4.78 is 0. The number of anilines is 1. The van der Waals surface area contributed by atoms with Crippen molar-refractivity contribution in [3.8, 4) is 5.75 Å². The topological polar surface area (TPSA) is 52.6 Å². The summed E-state index contributed by atoms with van der Waals surface area (Å²) in [7, 11) is 0. The molecule has 4 heteroatoms. The second kappa shape index (κ2) is 6.12. The third kappa shape index (κ3) is 3.55. The molecule has 1 rings (SSSR count). The number of hydrogen-bond acceptors (Lipinski definition) is 3. The van der Waals surface area contributed by atoms with Gasteiger partial charge in [0.1, 0.15) is 5.75 Å². The highest BCUT2D eigenvalue weighted by molar-refractivity contribution is 5.93. The van der Waals surface area contributed by atoms with E-state index >= 15 is 0 Å². The SMILES string of the molecule is CCN(CC)CC(=O)Nc1ccccc1O. The van der Waals surface area contributed by atoms with Gasteiger partial charge in [-0.3, -0.25) is 9.69 Å². The molecule has 0 saturated carbocycles. The highest BCUT2D eigenvalue weighted by Crippen LogP contribution is 2.21. The van der Waals surface area contributed by atoms with Gasteiger partial charge in [-0.05, 0) is 25.2 Å². The minimum Gasteiger partial charge on any atom is -0.506 e. The highest BCUT2D eigenvalue weighted by atomic mass is 16.3. The summed E-state index contributed by atoms with van der Waals surface area (Å²) in [6.45, 7) is 6.05. The van der Waals surface area contributed by atoms with E-state index in [4.69, 9.17) is 0 Å². The third-order valence-electron chi connectivity index (χ3n) is 2.44. The lowest BCUT2D eigenvalue weighted by Crippen LogP contribution is -2.32. The predicted molar refractivity (Wildman–Crippen MR) is 64.5 cm³/mol. The maximum atomic E-state index is 11.6. The van der Waals surface area contributed by atoms with Gasteiger partial charge in [0, 0.05) is 0 Å². The molecule has 1 aromatic rings. The zero-order valence-corrected chi connectivity index (χ0v) is 9.73. The summed E-state index contributed by atoms with van der Waals surface area (Å²) >= 11 is 0. The first-order valence-electron chi connectivity index (χ1n) is 5.47. The minimum absolute atomic E-state index is 0.0930. The Hall–Kier alpha value is -1.55. The van der Waals surface area contributed by atoms with E-state index in [0.717, 1.165) is 13.1 Å². The molecular formula is C12H18N2O2. The molecule has 0 spiro atoms. The number of nitrogens with zero attached hydrogens (tertiary/aromatic N) is 1. The van der Waals surface area contributed by atoms with Crippen LogP contribution in [0.15, 0.2) is 24.3 Å². The predicted octanol–water partition coefficient (Wildman–Crippen LogP) is 1.67. The van der Waals surface area contributed by atoms with Crippen molar-refractivity contribution in [3.63, 3.8) is 0 Å². The maximum Gasteiger partial charge on any atom is 0.238 e. The van der Waals surface area contributed by atoms with Crippen LogP contribution in [0.5, 0.6) is 5.75 Å². The Morgan fingerprint density at radius 3 is 2.50 bits per heavy atom. The molecule has 1 amide bonds. The number of phenols is 1. The van der Waals surface area contributed by atoms with Gasteiger partial charge in [0.25, 0.3) is 0 Å². The minimum atomic E-state index is -0.106. The van der Waals surface area contributed by atoms with Crippen LogP contribution in [0, 0.1) is 0 Å². The van der Waals surface area contributed by atoms with Gasteiger partial charge in [-0.2, -0.15) is 0 Å². The van der Waals surface area contributed by atoms with Crippen LogP contribution in [-0.4, -0.2) is 35.5 Å². The number of benzene rings is 1. The average Bonchev–Trinajstić information content (AvgIpc) is 2.29. The van der Waals surface area contributed by atoms with Crippen LogP contribution in [0.4, 0.5) is 5.69 Å². The molecule has 1 aromatic carbocycles. The van der Waals surface area contributed by atoms with Crippen molar-refractivity contribution in [2.45, 2.75) is 13.8 Å². The van der Waals surface area contributed by atoms with Gasteiger partial charge in [-0.25, -0.2) is 0 Å². The molecule has 0 unspecified atom stereocenters. The molecule has 0 aliphatic carbocycles. The molecule has 0 aromatic heterocycles. The number of amides is 1. The van der Waals surface area contributed by atoms with Crippen molar-refractivity contribution >= 4 is 11.6 Å². The molecule has 4 nitrogen and oxygen atoms in total. The Labute approximate surface area is 95.9 Å². The highest BCUT2D eigenvalue weighted by Gasteiger charge is 2.08. The van der Waals surface area contributed by atoms with Gasteiger partial charge in [-0.1, -0.05) is 26.0 Å². The van der Waals surface area contributed by atoms with Crippen molar-refractivity contribution in [2.75, 3.05) is 25.0 Å². The molecule has 0 radical (unpaired) electrons. The summed E-state index contributed by atoms with van der Waals surface area (Å²) in [6, 6.07) is 6.71. The van der Waals surface area contributed by atoms with Gasteiger partial charge in [0.2, 0.25) is 5.91 Å². The normalized spacial score (nSPS) is 10.4. The molecule has 0 bridgehead atoms. The number of hydrogen-bond donors (Lipinski definition) is 2. The summed E-state index contributed by atoms with van der Waals surface area (Å²) in [5.74, 6) is -0.0133.